The number of sulfonamides is 1. The predicted molar refractivity (Wildman–Crippen MR) is 151 cm³/mol. The molecule has 4 rings (SSSR count). The first-order valence-electron chi connectivity index (χ1n) is 12.5. The van der Waals surface area contributed by atoms with Gasteiger partial charge in [0.2, 0.25) is 10.0 Å². The van der Waals surface area contributed by atoms with Crippen molar-refractivity contribution in [2.24, 2.45) is 0 Å². The minimum atomic E-state index is -3.51. The lowest BCUT2D eigenvalue weighted by Crippen LogP contribution is -2.28. The number of aromatic nitrogens is 3. The minimum Gasteiger partial charge on any atom is -0.491 e. The SMILES string of the molecule is COCCc1nc(C)c(C(C)C)c(N2CCOc3c(C)cc(-c4cnc(Cl)c(NS(C)(=O)=O)c4)cc3C2)n1. The van der Waals surface area contributed by atoms with Gasteiger partial charge in [-0.15, -0.1) is 0 Å². The summed E-state index contributed by atoms with van der Waals surface area (Å²) in [6.07, 6.45) is 3.36. The van der Waals surface area contributed by atoms with Gasteiger partial charge in [0.25, 0.3) is 0 Å². The van der Waals surface area contributed by atoms with Crippen molar-refractivity contribution in [3.63, 3.8) is 0 Å². The topological polar surface area (TPSA) is 107 Å². The lowest BCUT2D eigenvalue weighted by Gasteiger charge is -2.27. The number of anilines is 2. The Bertz CT molecular complexity index is 1450. The van der Waals surface area contributed by atoms with Gasteiger partial charge >= 0.3 is 0 Å². The fourth-order valence-corrected chi connectivity index (χ4v) is 5.55. The van der Waals surface area contributed by atoms with Crippen LogP contribution in [0.1, 0.15) is 48.0 Å². The van der Waals surface area contributed by atoms with E-state index in [2.05, 4.69) is 34.5 Å². The van der Waals surface area contributed by atoms with Crippen molar-refractivity contribution in [3.05, 3.63) is 57.8 Å². The van der Waals surface area contributed by atoms with E-state index in [0.29, 0.717) is 32.7 Å². The fraction of sp³-hybridized carbons (Fsp3) is 0.444. The van der Waals surface area contributed by atoms with Crippen LogP contribution in [0.2, 0.25) is 5.15 Å². The maximum absolute atomic E-state index is 11.8. The number of halogens is 1. The highest BCUT2D eigenvalue weighted by Crippen LogP contribution is 2.37. The third kappa shape index (κ3) is 6.36. The molecule has 0 amide bonds. The summed E-state index contributed by atoms with van der Waals surface area (Å²) in [5, 5.41) is 0.0878. The van der Waals surface area contributed by atoms with Gasteiger partial charge < -0.3 is 14.4 Å². The molecule has 0 spiro atoms. The largest absolute Gasteiger partial charge is 0.491 e. The number of methoxy groups -OCH3 is 1. The van der Waals surface area contributed by atoms with Crippen LogP contribution in [0.5, 0.6) is 5.75 Å². The van der Waals surface area contributed by atoms with Crippen LogP contribution >= 0.6 is 11.6 Å². The summed E-state index contributed by atoms with van der Waals surface area (Å²) in [6, 6.07) is 5.77. The number of rotatable bonds is 8. The molecule has 0 bridgehead atoms. The number of hydrogen-bond donors (Lipinski definition) is 1. The molecule has 0 fully saturated rings. The Morgan fingerprint density at radius 3 is 2.63 bits per heavy atom. The smallest absolute Gasteiger partial charge is 0.229 e. The molecule has 1 aliphatic heterocycles. The van der Waals surface area contributed by atoms with Gasteiger partial charge in [0.1, 0.15) is 24.0 Å². The molecule has 11 heteroatoms. The number of hydrogen-bond acceptors (Lipinski definition) is 8. The zero-order chi connectivity index (χ0) is 27.6. The molecular weight excluding hydrogens is 526 g/mol. The van der Waals surface area contributed by atoms with E-state index in [0.717, 1.165) is 57.2 Å². The van der Waals surface area contributed by atoms with Gasteiger partial charge in [0.15, 0.2) is 5.15 Å². The zero-order valence-corrected chi connectivity index (χ0v) is 24.2. The predicted octanol–water partition coefficient (Wildman–Crippen LogP) is 4.89. The molecule has 0 unspecified atom stereocenters. The van der Waals surface area contributed by atoms with Crippen LogP contribution in [0, 0.1) is 13.8 Å². The number of benzene rings is 1. The van der Waals surface area contributed by atoms with Crippen molar-refractivity contribution >= 4 is 33.1 Å². The Morgan fingerprint density at radius 1 is 1.18 bits per heavy atom. The van der Waals surface area contributed by atoms with Crippen LogP contribution in [0.4, 0.5) is 11.5 Å². The standard InChI is InChI=1S/C27H34ClN5O4S/c1-16(2)24-18(4)30-23(7-9-36-5)31-27(24)33-8-10-37-25-17(3)11-19(12-21(25)15-33)20-13-22(26(28)29-14-20)32-38(6,34)35/h11-14,16,32H,7-10,15H2,1-6H3. The molecule has 0 radical (unpaired) electrons. The van der Waals surface area contributed by atoms with Crippen LogP contribution in [0.25, 0.3) is 11.1 Å². The Labute approximate surface area is 229 Å². The van der Waals surface area contributed by atoms with Crippen molar-refractivity contribution in [2.45, 2.75) is 46.6 Å². The Morgan fingerprint density at radius 2 is 1.95 bits per heavy atom. The molecule has 1 aromatic carbocycles. The average molecular weight is 560 g/mol. The highest BCUT2D eigenvalue weighted by molar-refractivity contribution is 7.92. The molecule has 1 N–H and O–H groups in total. The van der Waals surface area contributed by atoms with Gasteiger partial charge in [0.05, 0.1) is 25.1 Å². The molecule has 204 valence electrons. The molecule has 0 atom stereocenters. The van der Waals surface area contributed by atoms with Gasteiger partial charge in [-0.05, 0) is 49.1 Å². The van der Waals surface area contributed by atoms with Gasteiger partial charge in [-0.3, -0.25) is 4.72 Å². The Kier molecular flexibility index (Phi) is 8.44. The molecular formula is C27H34ClN5O4S. The third-order valence-corrected chi connectivity index (χ3v) is 7.25. The monoisotopic (exact) mass is 559 g/mol. The van der Waals surface area contributed by atoms with Crippen molar-refractivity contribution in [3.8, 4) is 16.9 Å². The summed E-state index contributed by atoms with van der Waals surface area (Å²) >= 11 is 6.16. The number of nitrogens with one attached hydrogen (secondary N) is 1. The molecule has 9 nitrogen and oxygen atoms in total. The molecule has 1 aliphatic rings. The first-order valence-corrected chi connectivity index (χ1v) is 14.7. The minimum absolute atomic E-state index is 0.0878. The second-order valence-corrected chi connectivity index (χ2v) is 12.0. The zero-order valence-electron chi connectivity index (χ0n) is 22.6. The van der Waals surface area contributed by atoms with E-state index in [9.17, 15) is 8.42 Å². The van der Waals surface area contributed by atoms with Gasteiger partial charge in [-0.2, -0.15) is 0 Å². The summed E-state index contributed by atoms with van der Waals surface area (Å²) in [5.41, 5.74) is 5.95. The van der Waals surface area contributed by atoms with E-state index in [1.807, 2.05) is 19.9 Å². The van der Waals surface area contributed by atoms with Crippen LogP contribution in [0.3, 0.4) is 0 Å². The molecule has 0 aliphatic carbocycles. The molecule has 3 heterocycles. The lowest BCUT2D eigenvalue weighted by molar-refractivity contribution is 0.200. The van der Waals surface area contributed by atoms with Crippen LogP contribution in [0.15, 0.2) is 24.4 Å². The molecule has 0 saturated heterocycles. The van der Waals surface area contributed by atoms with Crippen molar-refractivity contribution in [2.75, 3.05) is 42.7 Å². The lowest BCUT2D eigenvalue weighted by atomic mass is 9.99. The van der Waals surface area contributed by atoms with Crippen molar-refractivity contribution in [1.29, 1.82) is 0 Å². The maximum Gasteiger partial charge on any atom is 0.229 e. The molecule has 3 aromatic rings. The van der Waals surface area contributed by atoms with E-state index in [1.165, 1.54) is 0 Å². The number of nitrogens with zero attached hydrogens (tertiary/aromatic N) is 4. The van der Waals surface area contributed by atoms with Crippen molar-refractivity contribution in [1.82, 2.24) is 15.0 Å². The Balaban J connectivity index is 1.76. The van der Waals surface area contributed by atoms with Crippen LogP contribution in [-0.4, -0.2) is 56.5 Å². The first-order chi connectivity index (χ1) is 18.0. The fourth-order valence-electron chi connectivity index (χ4n) is 4.78. The van der Waals surface area contributed by atoms with Gasteiger partial charge in [0, 0.05) is 48.7 Å². The van der Waals surface area contributed by atoms with E-state index in [4.69, 9.17) is 31.0 Å². The summed E-state index contributed by atoms with van der Waals surface area (Å²) in [6.45, 7) is 10.7. The third-order valence-electron chi connectivity index (χ3n) is 6.36. The normalized spacial score (nSPS) is 13.7. The van der Waals surface area contributed by atoms with Crippen LogP contribution < -0.4 is 14.4 Å². The Hall–Kier alpha value is -2.95. The molecule has 38 heavy (non-hydrogen) atoms. The second-order valence-electron chi connectivity index (χ2n) is 9.85. The van der Waals surface area contributed by atoms with E-state index >= 15 is 0 Å². The molecule has 0 saturated carbocycles. The highest BCUT2D eigenvalue weighted by Gasteiger charge is 2.25. The summed E-state index contributed by atoms with van der Waals surface area (Å²) in [7, 11) is -1.83. The number of fused-ring (bicyclic) bond motifs is 1. The number of pyridine rings is 1. The average Bonchev–Trinajstić information content (AvgIpc) is 3.05. The van der Waals surface area contributed by atoms with Crippen molar-refractivity contribution < 1.29 is 17.9 Å². The maximum atomic E-state index is 11.8. The van der Waals surface area contributed by atoms with E-state index in [-0.39, 0.29) is 16.8 Å². The highest BCUT2D eigenvalue weighted by atomic mass is 35.5. The summed E-state index contributed by atoms with van der Waals surface area (Å²) < 4.78 is 37.5. The van der Waals surface area contributed by atoms with Gasteiger partial charge in [-0.1, -0.05) is 25.4 Å². The quantitative estimate of drug-likeness (QED) is 0.389. The number of aryl methyl sites for hydroxylation is 2. The number of ether oxygens (including phenoxy) is 2. The second kappa shape index (κ2) is 11.4. The summed E-state index contributed by atoms with van der Waals surface area (Å²) in [5.74, 6) is 2.78. The van der Waals surface area contributed by atoms with E-state index in [1.54, 1.807) is 19.4 Å². The summed E-state index contributed by atoms with van der Waals surface area (Å²) in [4.78, 5) is 16.2. The first kappa shape index (κ1) is 28.1. The van der Waals surface area contributed by atoms with Gasteiger partial charge in [-0.25, -0.2) is 23.4 Å². The molecule has 2 aromatic heterocycles. The van der Waals surface area contributed by atoms with E-state index < -0.39 is 10.0 Å². The van der Waals surface area contributed by atoms with Crippen LogP contribution in [-0.2, 0) is 27.7 Å².